The highest BCUT2D eigenvalue weighted by Gasteiger charge is 2.38. The summed E-state index contributed by atoms with van der Waals surface area (Å²) >= 11 is 1.48. The summed E-state index contributed by atoms with van der Waals surface area (Å²) in [4.78, 5) is 28.2. The van der Waals surface area contributed by atoms with Gasteiger partial charge in [-0.2, -0.15) is 0 Å². The van der Waals surface area contributed by atoms with Crippen molar-refractivity contribution in [3.05, 3.63) is 16.1 Å². The molecule has 0 aromatic carbocycles. The molecule has 104 valence electrons. The molecular formula is C11H15N3O4S. The van der Waals surface area contributed by atoms with Crippen molar-refractivity contribution in [1.29, 1.82) is 0 Å². The van der Waals surface area contributed by atoms with Gasteiger partial charge in [-0.05, 0) is 6.92 Å². The van der Waals surface area contributed by atoms with Gasteiger partial charge in [-0.25, -0.2) is 14.6 Å². The Balaban J connectivity index is 1.93. The van der Waals surface area contributed by atoms with E-state index >= 15 is 0 Å². The number of carboxylic acids is 1. The molecule has 1 fully saturated rings. The molecule has 3 N–H and O–H groups in total. The van der Waals surface area contributed by atoms with E-state index in [1.807, 2.05) is 12.3 Å². The molecule has 0 saturated carbocycles. The summed E-state index contributed by atoms with van der Waals surface area (Å²) in [7, 11) is 0. The number of aliphatic hydroxyl groups excluding tert-OH is 1. The Morgan fingerprint density at radius 3 is 2.95 bits per heavy atom. The molecule has 2 atom stereocenters. The van der Waals surface area contributed by atoms with E-state index in [2.05, 4.69) is 10.3 Å². The molecule has 1 aromatic rings. The van der Waals surface area contributed by atoms with Crippen LogP contribution in [0.5, 0.6) is 0 Å². The number of hydrogen-bond acceptors (Lipinski definition) is 5. The molecule has 2 amide bonds. The van der Waals surface area contributed by atoms with E-state index in [0.29, 0.717) is 0 Å². The van der Waals surface area contributed by atoms with Crippen molar-refractivity contribution in [3.8, 4) is 0 Å². The fourth-order valence-electron chi connectivity index (χ4n) is 2.03. The summed E-state index contributed by atoms with van der Waals surface area (Å²) in [5.41, 5.74) is 0.738. The van der Waals surface area contributed by atoms with Crippen LogP contribution in [0.2, 0.25) is 0 Å². The predicted octanol–water partition coefficient (Wildman–Crippen LogP) is 0.181. The number of carboxylic acid groups (broad SMARTS) is 1. The van der Waals surface area contributed by atoms with E-state index in [4.69, 9.17) is 5.11 Å². The summed E-state index contributed by atoms with van der Waals surface area (Å²) < 4.78 is 0. The molecule has 19 heavy (non-hydrogen) atoms. The SMILES string of the molecule is Cc1nc(CNC(=O)N2CC(O)CC2C(=O)O)cs1. The van der Waals surface area contributed by atoms with Crippen molar-refractivity contribution in [2.45, 2.75) is 32.0 Å². The second kappa shape index (κ2) is 5.54. The van der Waals surface area contributed by atoms with Crippen LogP contribution in [0.3, 0.4) is 0 Å². The standard InChI is InChI=1S/C11H15N3O4S/c1-6-13-7(5-19-6)3-12-11(18)14-4-8(15)2-9(14)10(16)17/h5,8-9,15H,2-4H2,1H3,(H,12,18)(H,16,17). The van der Waals surface area contributed by atoms with Crippen LogP contribution in [0.4, 0.5) is 4.79 Å². The lowest BCUT2D eigenvalue weighted by atomic mass is 10.2. The molecule has 0 aliphatic carbocycles. The van der Waals surface area contributed by atoms with Crippen molar-refractivity contribution in [2.24, 2.45) is 0 Å². The highest BCUT2D eigenvalue weighted by molar-refractivity contribution is 7.09. The van der Waals surface area contributed by atoms with E-state index in [9.17, 15) is 14.7 Å². The number of hydrogen-bond donors (Lipinski definition) is 3. The zero-order valence-corrected chi connectivity index (χ0v) is 11.2. The summed E-state index contributed by atoms with van der Waals surface area (Å²) in [5.74, 6) is -1.10. The molecule has 1 aliphatic heterocycles. The van der Waals surface area contributed by atoms with E-state index in [1.165, 1.54) is 11.3 Å². The number of thiazole rings is 1. The molecule has 0 spiro atoms. The van der Waals surface area contributed by atoms with Crippen LogP contribution < -0.4 is 5.32 Å². The van der Waals surface area contributed by atoms with Gasteiger partial charge < -0.3 is 20.4 Å². The number of nitrogens with zero attached hydrogens (tertiary/aromatic N) is 2. The van der Waals surface area contributed by atoms with E-state index in [-0.39, 0.29) is 19.5 Å². The van der Waals surface area contributed by atoms with Gasteiger partial charge in [0.25, 0.3) is 0 Å². The Kier molecular flexibility index (Phi) is 4.01. The molecule has 2 rings (SSSR count). The second-order valence-corrected chi connectivity index (χ2v) is 5.47. The number of likely N-dealkylation sites (tertiary alicyclic amines) is 1. The van der Waals surface area contributed by atoms with Crippen molar-refractivity contribution in [1.82, 2.24) is 15.2 Å². The number of nitrogens with one attached hydrogen (secondary N) is 1. The zero-order valence-electron chi connectivity index (χ0n) is 10.4. The van der Waals surface area contributed by atoms with Gasteiger partial charge >= 0.3 is 12.0 Å². The lowest BCUT2D eigenvalue weighted by Crippen LogP contribution is -2.46. The first-order valence-electron chi connectivity index (χ1n) is 5.83. The van der Waals surface area contributed by atoms with Gasteiger partial charge in [-0.1, -0.05) is 0 Å². The van der Waals surface area contributed by atoms with Gasteiger partial charge in [0.05, 0.1) is 23.4 Å². The molecule has 0 radical (unpaired) electrons. The number of aryl methyl sites for hydroxylation is 1. The minimum atomic E-state index is -1.10. The molecule has 2 unspecified atom stereocenters. The average molecular weight is 285 g/mol. The number of urea groups is 1. The third kappa shape index (κ3) is 3.21. The Labute approximate surface area is 113 Å². The Morgan fingerprint density at radius 2 is 2.37 bits per heavy atom. The van der Waals surface area contributed by atoms with E-state index in [1.54, 1.807) is 0 Å². The smallest absolute Gasteiger partial charge is 0.326 e. The van der Waals surface area contributed by atoms with Crippen molar-refractivity contribution in [2.75, 3.05) is 6.54 Å². The summed E-state index contributed by atoms with van der Waals surface area (Å²) in [5, 5.41) is 23.8. The number of carbonyl (C=O) groups excluding carboxylic acids is 1. The third-order valence-corrected chi connectivity index (χ3v) is 3.73. The molecule has 8 heteroatoms. The summed E-state index contributed by atoms with van der Waals surface area (Å²) in [6, 6.07) is -1.46. The molecule has 7 nitrogen and oxygen atoms in total. The molecule has 1 saturated heterocycles. The van der Waals surface area contributed by atoms with Crippen LogP contribution in [0.25, 0.3) is 0 Å². The molecule has 0 bridgehead atoms. The van der Waals surface area contributed by atoms with Crippen LogP contribution in [-0.2, 0) is 11.3 Å². The topological polar surface area (TPSA) is 103 Å². The maximum absolute atomic E-state index is 11.9. The van der Waals surface area contributed by atoms with Crippen LogP contribution in [0, 0.1) is 6.92 Å². The van der Waals surface area contributed by atoms with Gasteiger partial charge in [-0.3, -0.25) is 0 Å². The Hall–Kier alpha value is -1.67. The van der Waals surface area contributed by atoms with Crippen LogP contribution in [0.1, 0.15) is 17.1 Å². The fourth-order valence-corrected chi connectivity index (χ4v) is 2.64. The van der Waals surface area contributed by atoms with Gasteiger partial charge in [0.1, 0.15) is 6.04 Å². The molecule has 1 aliphatic rings. The van der Waals surface area contributed by atoms with Gasteiger partial charge in [0.2, 0.25) is 0 Å². The molecule has 2 heterocycles. The molecule has 1 aromatic heterocycles. The second-order valence-electron chi connectivity index (χ2n) is 4.41. The highest BCUT2D eigenvalue weighted by atomic mass is 32.1. The van der Waals surface area contributed by atoms with Crippen molar-refractivity contribution >= 4 is 23.3 Å². The van der Waals surface area contributed by atoms with Gasteiger partial charge in [-0.15, -0.1) is 11.3 Å². The van der Waals surface area contributed by atoms with Crippen LogP contribution >= 0.6 is 11.3 Å². The summed E-state index contributed by atoms with van der Waals surface area (Å²) in [6.45, 7) is 2.16. The van der Waals surface area contributed by atoms with Crippen LogP contribution in [0.15, 0.2) is 5.38 Å². The Bertz CT molecular complexity index is 490. The summed E-state index contributed by atoms with van der Waals surface area (Å²) in [6.07, 6.45) is -0.716. The maximum atomic E-state index is 11.9. The number of aliphatic carboxylic acids is 1. The van der Waals surface area contributed by atoms with Crippen molar-refractivity contribution in [3.63, 3.8) is 0 Å². The minimum absolute atomic E-state index is 0.0406. The monoisotopic (exact) mass is 285 g/mol. The largest absolute Gasteiger partial charge is 0.480 e. The number of carbonyl (C=O) groups is 2. The number of rotatable bonds is 3. The first kappa shape index (κ1) is 13.8. The average Bonchev–Trinajstić information content (AvgIpc) is 2.92. The third-order valence-electron chi connectivity index (χ3n) is 2.91. The maximum Gasteiger partial charge on any atom is 0.326 e. The number of aliphatic hydroxyl groups is 1. The van der Waals surface area contributed by atoms with Crippen LogP contribution in [-0.4, -0.2) is 50.8 Å². The quantitative estimate of drug-likeness (QED) is 0.735. The Morgan fingerprint density at radius 1 is 1.63 bits per heavy atom. The van der Waals surface area contributed by atoms with E-state index < -0.39 is 24.1 Å². The lowest BCUT2D eigenvalue weighted by molar-refractivity contribution is -0.141. The highest BCUT2D eigenvalue weighted by Crippen LogP contribution is 2.18. The lowest BCUT2D eigenvalue weighted by Gasteiger charge is -2.21. The minimum Gasteiger partial charge on any atom is -0.480 e. The van der Waals surface area contributed by atoms with Crippen molar-refractivity contribution < 1.29 is 19.8 Å². The normalized spacial score (nSPS) is 22.5. The first-order chi connectivity index (χ1) is 8.97. The number of aromatic nitrogens is 1. The first-order valence-corrected chi connectivity index (χ1v) is 6.71. The zero-order chi connectivity index (χ0) is 14.0. The predicted molar refractivity (Wildman–Crippen MR) is 67.8 cm³/mol. The number of β-amino-alcohol motifs (C(OH)–C–C–N with tert-alkyl or cyclic N) is 1. The van der Waals surface area contributed by atoms with E-state index in [0.717, 1.165) is 15.6 Å². The van der Waals surface area contributed by atoms with Gasteiger partial charge in [0, 0.05) is 18.3 Å². The van der Waals surface area contributed by atoms with Gasteiger partial charge in [0.15, 0.2) is 0 Å². The molecular weight excluding hydrogens is 270 g/mol. The number of amides is 2. The fraction of sp³-hybridized carbons (Fsp3) is 0.545.